The number of amides is 3. The zero-order valence-electron chi connectivity index (χ0n) is 16.2. The molecule has 0 saturated carbocycles. The van der Waals surface area contributed by atoms with Crippen LogP contribution in [0.3, 0.4) is 0 Å². The number of nitrogens with zero attached hydrogens (tertiary/aromatic N) is 1. The van der Waals surface area contributed by atoms with Crippen molar-refractivity contribution in [3.63, 3.8) is 0 Å². The lowest BCUT2D eigenvalue weighted by Crippen LogP contribution is -2.41. The summed E-state index contributed by atoms with van der Waals surface area (Å²) in [5.74, 6) is 0.124. The van der Waals surface area contributed by atoms with Crippen molar-refractivity contribution < 1.29 is 31.7 Å². The third kappa shape index (κ3) is 3.78. The first-order valence-corrected chi connectivity index (χ1v) is 10.9. The normalized spacial score (nSPS) is 20.8. The third-order valence-corrected chi connectivity index (χ3v) is 6.05. The number of ether oxygens (including phenoxy) is 2. The van der Waals surface area contributed by atoms with Crippen LogP contribution in [-0.4, -0.2) is 50.8 Å². The van der Waals surface area contributed by atoms with E-state index in [0.29, 0.717) is 30.3 Å². The van der Waals surface area contributed by atoms with Crippen LogP contribution in [0.1, 0.15) is 12.5 Å². The van der Waals surface area contributed by atoms with E-state index < -0.39 is 33.3 Å². The largest absolute Gasteiger partial charge is 0.486 e. The van der Waals surface area contributed by atoms with Crippen molar-refractivity contribution in [3.8, 4) is 17.2 Å². The van der Waals surface area contributed by atoms with E-state index in [-0.39, 0.29) is 12.3 Å². The molecule has 3 amide bonds. The highest BCUT2D eigenvalue weighted by Gasteiger charge is 2.49. The lowest BCUT2D eigenvalue weighted by molar-refractivity contribution is -0.130. The molecule has 2 heterocycles. The van der Waals surface area contributed by atoms with E-state index >= 15 is 0 Å². The molecule has 1 unspecified atom stereocenters. The van der Waals surface area contributed by atoms with Crippen molar-refractivity contribution in [1.29, 1.82) is 0 Å². The lowest BCUT2D eigenvalue weighted by atomic mass is 9.91. The van der Waals surface area contributed by atoms with E-state index in [0.717, 1.165) is 4.90 Å². The lowest BCUT2D eigenvalue weighted by Gasteiger charge is -2.25. The maximum absolute atomic E-state index is 13.0. The molecule has 4 rings (SSSR count). The maximum Gasteiger partial charge on any atom is 0.325 e. The molecular weight excluding hydrogens is 412 g/mol. The quantitative estimate of drug-likeness (QED) is 0.546. The third-order valence-electron chi connectivity index (χ3n) is 4.93. The summed E-state index contributed by atoms with van der Waals surface area (Å²) >= 11 is 0. The highest BCUT2D eigenvalue weighted by molar-refractivity contribution is 7.87. The molecule has 1 atom stereocenters. The van der Waals surface area contributed by atoms with E-state index in [1.165, 1.54) is 12.1 Å². The predicted molar refractivity (Wildman–Crippen MR) is 106 cm³/mol. The molecule has 0 aromatic heterocycles. The number of hydrogen-bond donors (Lipinski definition) is 1. The summed E-state index contributed by atoms with van der Waals surface area (Å²) in [4.78, 5) is 26.3. The zero-order valence-corrected chi connectivity index (χ0v) is 17.0. The predicted octanol–water partition coefficient (Wildman–Crippen LogP) is 1.63. The minimum absolute atomic E-state index is 0.163. The second-order valence-electron chi connectivity index (χ2n) is 7.03. The Bertz CT molecular complexity index is 1090. The summed E-state index contributed by atoms with van der Waals surface area (Å²) in [6.45, 7) is 2.05. The topological polar surface area (TPSA) is 111 Å². The number of fused-ring (bicyclic) bond motifs is 1. The molecule has 30 heavy (non-hydrogen) atoms. The number of carbonyl (C=O) groups is 2. The number of para-hydroxylation sites is 1. The van der Waals surface area contributed by atoms with Crippen LogP contribution < -0.4 is 19.0 Å². The van der Waals surface area contributed by atoms with Crippen molar-refractivity contribution in [2.24, 2.45) is 0 Å². The Morgan fingerprint density at radius 1 is 1.07 bits per heavy atom. The molecule has 9 nitrogen and oxygen atoms in total. The van der Waals surface area contributed by atoms with Crippen LogP contribution in [0.15, 0.2) is 48.5 Å². The first kappa shape index (κ1) is 20.0. The van der Waals surface area contributed by atoms with Gasteiger partial charge in [0, 0.05) is 6.54 Å². The minimum Gasteiger partial charge on any atom is -0.486 e. The molecule has 0 spiro atoms. The first-order valence-electron chi connectivity index (χ1n) is 9.30. The Balaban J connectivity index is 1.48. The molecule has 0 radical (unpaired) electrons. The molecule has 1 fully saturated rings. The highest BCUT2D eigenvalue weighted by Crippen LogP contribution is 2.36. The van der Waals surface area contributed by atoms with Crippen LogP contribution in [0.4, 0.5) is 4.79 Å². The number of benzene rings is 2. The molecular formula is C20H20N2O7S. The van der Waals surface area contributed by atoms with Gasteiger partial charge in [-0.3, -0.25) is 9.69 Å². The molecule has 2 aromatic carbocycles. The van der Waals surface area contributed by atoms with Gasteiger partial charge in [0.25, 0.3) is 5.91 Å². The number of carbonyl (C=O) groups excluding carboxylic acids is 2. The minimum atomic E-state index is -3.99. The Kier molecular flexibility index (Phi) is 5.02. The van der Waals surface area contributed by atoms with Crippen molar-refractivity contribution in [2.75, 3.05) is 25.5 Å². The van der Waals surface area contributed by atoms with Gasteiger partial charge >= 0.3 is 16.1 Å². The fraction of sp³-hybridized carbons (Fsp3) is 0.300. The molecule has 1 saturated heterocycles. The van der Waals surface area contributed by atoms with Gasteiger partial charge in [0.1, 0.15) is 30.3 Å². The summed E-state index contributed by atoms with van der Waals surface area (Å²) in [5.41, 5.74) is -0.840. The van der Waals surface area contributed by atoms with Gasteiger partial charge in [-0.1, -0.05) is 24.3 Å². The average molecular weight is 432 g/mol. The summed E-state index contributed by atoms with van der Waals surface area (Å²) in [6, 6.07) is 12.3. The Labute approximate surface area is 173 Å². The van der Waals surface area contributed by atoms with Crippen molar-refractivity contribution in [2.45, 2.75) is 12.5 Å². The Morgan fingerprint density at radius 3 is 2.50 bits per heavy atom. The number of nitrogens with one attached hydrogen (secondary N) is 1. The van der Waals surface area contributed by atoms with Crippen LogP contribution in [0.25, 0.3) is 0 Å². The zero-order chi connectivity index (χ0) is 21.4. The van der Waals surface area contributed by atoms with Gasteiger partial charge in [-0.2, -0.15) is 8.42 Å². The highest BCUT2D eigenvalue weighted by atomic mass is 32.2. The summed E-state index contributed by atoms with van der Waals surface area (Å²) in [7, 11) is -3.99. The van der Waals surface area contributed by atoms with E-state index in [4.69, 9.17) is 13.7 Å². The van der Waals surface area contributed by atoms with E-state index in [1.807, 2.05) is 0 Å². The van der Waals surface area contributed by atoms with Crippen LogP contribution >= 0.6 is 0 Å². The van der Waals surface area contributed by atoms with E-state index in [2.05, 4.69) is 5.32 Å². The van der Waals surface area contributed by atoms with Gasteiger partial charge < -0.3 is 19.0 Å². The van der Waals surface area contributed by atoms with Gasteiger partial charge in [-0.05, 0) is 36.8 Å². The second-order valence-corrected chi connectivity index (χ2v) is 8.72. The molecule has 0 bridgehead atoms. The second kappa shape index (κ2) is 7.52. The fourth-order valence-electron chi connectivity index (χ4n) is 3.32. The van der Waals surface area contributed by atoms with Crippen LogP contribution in [-0.2, 0) is 20.5 Å². The van der Waals surface area contributed by atoms with Crippen LogP contribution in [0, 0.1) is 0 Å². The van der Waals surface area contributed by atoms with Gasteiger partial charge in [0.15, 0.2) is 11.5 Å². The molecule has 2 aliphatic heterocycles. The number of imide groups is 1. The van der Waals surface area contributed by atoms with Crippen molar-refractivity contribution in [1.82, 2.24) is 10.2 Å². The van der Waals surface area contributed by atoms with Gasteiger partial charge in [0.2, 0.25) is 0 Å². The number of rotatable bonds is 6. The molecule has 158 valence electrons. The SMILES string of the molecule is CC1(c2ccc3c(c2)OCCO3)NC(=O)N(CCS(=O)(=O)Oc2ccccc2)C1=O. The van der Waals surface area contributed by atoms with Crippen LogP contribution in [0.5, 0.6) is 17.2 Å². The summed E-state index contributed by atoms with van der Waals surface area (Å²) < 4.78 is 40.5. The molecule has 0 aliphatic carbocycles. The standard InChI is InChI=1S/C20H20N2O7S/c1-20(14-7-8-16-17(13-14)28-11-10-27-16)18(23)22(19(24)21-20)9-12-30(25,26)29-15-5-3-2-4-6-15/h2-8,13H,9-12H2,1H3,(H,21,24). The Morgan fingerprint density at radius 2 is 1.77 bits per heavy atom. The smallest absolute Gasteiger partial charge is 0.325 e. The molecule has 1 N–H and O–H groups in total. The van der Waals surface area contributed by atoms with E-state index in [9.17, 15) is 18.0 Å². The van der Waals surface area contributed by atoms with Gasteiger partial charge in [0.05, 0.1) is 0 Å². The fourth-order valence-corrected chi connectivity index (χ4v) is 4.21. The Hall–Kier alpha value is -3.27. The molecule has 2 aromatic rings. The summed E-state index contributed by atoms with van der Waals surface area (Å²) in [6.07, 6.45) is 0. The van der Waals surface area contributed by atoms with E-state index in [1.54, 1.807) is 43.3 Å². The van der Waals surface area contributed by atoms with Crippen molar-refractivity contribution >= 4 is 22.1 Å². The summed E-state index contributed by atoms with van der Waals surface area (Å²) in [5, 5.41) is 2.64. The number of hydrogen-bond acceptors (Lipinski definition) is 7. The average Bonchev–Trinajstić information content (AvgIpc) is 2.95. The maximum atomic E-state index is 13.0. The first-order chi connectivity index (χ1) is 14.3. The van der Waals surface area contributed by atoms with Gasteiger partial charge in [-0.15, -0.1) is 0 Å². The van der Waals surface area contributed by atoms with Crippen LogP contribution in [0.2, 0.25) is 0 Å². The molecule has 2 aliphatic rings. The van der Waals surface area contributed by atoms with Gasteiger partial charge in [-0.25, -0.2) is 4.79 Å². The monoisotopic (exact) mass is 432 g/mol. The number of urea groups is 1. The molecule has 10 heteroatoms. The van der Waals surface area contributed by atoms with Crippen molar-refractivity contribution in [3.05, 3.63) is 54.1 Å².